The van der Waals surface area contributed by atoms with Crippen molar-refractivity contribution in [1.82, 2.24) is 0 Å². The fraction of sp³-hybridized carbons (Fsp3) is 0.833. The molecule has 0 saturated carbocycles. The van der Waals surface area contributed by atoms with Crippen LogP contribution in [0, 0.1) is 5.92 Å². The summed E-state index contributed by atoms with van der Waals surface area (Å²) < 4.78 is 7.81. The van der Waals surface area contributed by atoms with Crippen LogP contribution in [0.5, 0.6) is 0 Å². The van der Waals surface area contributed by atoms with Crippen LogP contribution >= 0.6 is 23.5 Å². The van der Waals surface area contributed by atoms with E-state index in [2.05, 4.69) is 54.7 Å². The quantitative estimate of drug-likeness (QED) is 0.319. The van der Waals surface area contributed by atoms with Crippen LogP contribution in [0.2, 0.25) is 11.0 Å². The molecule has 0 amide bonds. The second-order valence-electron chi connectivity index (χ2n) is 4.93. The Balaban J connectivity index is 1.60. The van der Waals surface area contributed by atoms with Crippen LogP contribution in [0.25, 0.3) is 0 Å². The van der Waals surface area contributed by atoms with Gasteiger partial charge >= 0.3 is 157 Å². The molecule has 0 radical (unpaired) electrons. The Hall–Kier alpha value is 3.06. The van der Waals surface area contributed by atoms with Gasteiger partial charge in [-0.15, -0.1) is 0 Å². The molecule has 4 atom stereocenters. The minimum absolute atomic E-state index is 0.271. The van der Waals surface area contributed by atoms with Gasteiger partial charge in [0.15, 0.2) is 0 Å². The van der Waals surface area contributed by atoms with Gasteiger partial charge < -0.3 is 0 Å². The fourth-order valence-electron chi connectivity index (χ4n) is 2.17. The van der Waals surface area contributed by atoms with Gasteiger partial charge in [-0.1, -0.05) is 0 Å². The Bertz CT molecular complexity index is 322. The molecular weight excluding hydrogens is 621 g/mol. The third-order valence-electron chi connectivity index (χ3n) is 3.39. The molecule has 0 spiro atoms. The second kappa shape index (κ2) is 7.55. The first kappa shape index (κ1) is 15.9. The molecule has 3 fully saturated rings. The molecule has 0 aliphatic carbocycles. The van der Waals surface area contributed by atoms with Crippen molar-refractivity contribution in [2.45, 2.75) is 34.3 Å². The average Bonchev–Trinajstić information content (AvgIpc) is 3.25. The molecule has 3 rings (SSSR count). The summed E-state index contributed by atoms with van der Waals surface area (Å²) in [7, 11) is 0. The summed E-state index contributed by atoms with van der Waals surface area (Å²) in [6.07, 6.45) is 2.78. The third kappa shape index (κ3) is 4.78. The van der Waals surface area contributed by atoms with Crippen LogP contribution in [0.3, 0.4) is 0 Å². The topological polar surface area (TPSA) is 0 Å². The first-order valence-electron chi connectivity index (χ1n) is 6.22. The van der Waals surface area contributed by atoms with Gasteiger partial charge in [0, 0.05) is 0 Å². The number of rotatable bonds is 6. The van der Waals surface area contributed by atoms with Crippen LogP contribution in [0.4, 0.5) is 0 Å². The molecule has 3 heterocycles. The third-order valence-corrected chi connectivity index (χ3v) is 19.4. The predicted octanol–water partition coefficient (Wildman–Crippen LogP) is 1.30. The molecule has 4 unspecified atom stereocenters. The van der Waals surface area contributed by atoms with E-state index >= 15 is 0 Å². The van der Waals surface area contributed by atoms with E-state index in [1.54, 1.807) is 15.8 Å². The Morgan fingerprint density at radius 1 is 1.06 bits per heavy atom. The first-order valence-corrected chi connectivity index (χ1v) is 16.3. The summed E-state index contributed by atoms with van der Waals surface area (Å²) >= 11 is 11.9. The average molecular weight is 638 g/mol. The van der Waals surface area contributed by atoms with Gasteiger partial charge in [0.2, 0.25) is 0 Å². The molecule has 6 heteroatoms. The molecule has 18 heavy (non-hydrogen) atoms. The van der Waals surface area contributed by atoms with Gasteiger partial charge in [-0.2, -0.15) is 0 Å². The van der Waals surface area contributed by atoms with E-state index in [1.165, 1.54) is 24.3 Å². The van der Waals surface area contributed by atoms with Gasteiger partial charge in [-0.05, 0) is 0 Å². The molecule has 3 aliphatic rings. The van der Waals surface area contributed by atoms with E-state index in [0.29, 0.717) is 20.9 Å². The van der Waals surface area contributed by atoms with E-state index in [4.69, 9.17) is 0 Å². The molecule has 0 aromatic heterocycles. The molecular formula is C12H16S2Se2Te2. The molecule has 100 valence electrons. The maximum atomic E-state index is 3.49. The molecule has 0 aromatic carbocycles. The van der Waals surface area contributed by atoms with E-state index in [1.807, 2.05) is 0 Å². The van der Waals surface area contributed by atoms with Crippen molar-refractivity contribution in [3.63, 3.8) is 0 Å². The Morgan fingerprint density at radius 2 is 1.67 bits per heavy atom. The normalized spacial score (nSPS) is 38.2. The van der Waals surface area contributed by atoms with Crippen LogP contribution in [0.1, 0.15) is 12.8 Å². The number of hydrogen-bond donors (Lipinski definition) is 0. The van der Waals surface area contributed by atoms with Crippen molar-refractivity contribution in [2.24, 2.45) is 5.92 Å². The monoisotopic (exact) mass is 644 g/mol. The summed E-state index contributed by atoms with van der Waals surface area (Å²) in [5.41, 5.74) is 0. The summed E-state index contributed by atoms with van der Waals surface area (Å²) in [5, 5.41) is 1.96. The summed E-state index contributed by atoms with van der Waals surface area (Å²) in [6, 6.07) is 0. The predicted molar refractivity (Wildman–Crippen MR) is 91.6 cm³/mol. The van der Waals surface area contributed by atoms with Crippen molar-refractivity contribution < 1.29 is 0 Å². The van der Waals surface area contributed by atoms with E-state index < -0.39 is 0 Å². The van der Waals surface area contributed by atoms with Gasteiger partial charge in [0.1, 0.15) is 0 Å². The zero-order chi connectivity index (χ0) is 12.5. The molecule has 0 nitrogen and oxygen atoms in total. The van der Waals surface area contributed by atoms with Crippen LogP contribution in [0.15, 0.2) is 0 Å². The maximum absolute atomic E-state index is 3.49. The van der Waals surface area contributed by atoms with Crippen LogP contribution < -0.4 is 0 Å². The second-order valence-corrected chi connectivity index (χ2v) is 19.5. The fourth-order valence-corrected chi connectivity index (χ4v) is 20.4. The van der Waals surface area contributed by atoms with Crippen molar-refractivity contribution in [2.75, 3.05) is 11.5 Å². The van der Waals surface area contributed by atoms with Crippen molar-refractivity contribution in [3.05, 3.63) is 0 Å². The van der Waals surface area contributed by atoms with E-state index in [9.17, 15) is 0 Å². The van der Waals surface area contributed by atoms with Gasteiger partial charge in [0.05, 0.1) is 0 Å². The molecule has 0 aromatic rings. The molecule has 3 saturated heterocycles. The van der Waals surface area contributed by atoms with Crippen molar-refractivity contribution in [3.8, 4) is 0 Å². The van der Waals surface area contributed by atoms with Gasteiger partial charge in [-0.25, -0.2) is 0 Å². The van der Waals surface area contributed by atoms with Crippen LogP contribution in [-0.4, -0.2) is 104 Å². The van der Waals surface area contributed by atoms with E-state index in [0.717, 1.165) is 20.4 Å². The molecule has 0 bridgehead atoms. The number of thioether (sulfide) groups is 2. The Labute approximate surface area is 155 Å². The first-order chi connectivity index (χ1) is 8.74. The summed E-state index contributed by atoms with van der Waals surface area (Å²) in [5.74, 6) is 3.80. The summed E-state index contributed by atoms with van der Waals surface area (Å²) in [4.78, 5) is 0. The number of hydrogen-bond acceptors (Lipinski definition) is 2. The van der Waals surface area contributed by atoms with Gasteiger partial charge in [0.25, 0.3) is 0 Å². The van der Waals surface area contributed by atoms with Gasteiger partial charge in [-0.3, -0.25) is 0 Å². The van der Waals surface area contributed by atoms with Crippen molar-refractivity contribution in [1.29, 1.82) is 0 Å². The van der Waals surface area contributed by atoms with E-state index in [-0.39, 0.29) is 20.9 Å². The minimum atomic E-state index is 0.271. The zero-order valence-corrected chi connectivity index (χ0v) is 19.7. The standard InChI is InChI=1S/C12H16S2Se2Te2/c15-10(1-7-3-13-7)9-5-17-6-18-12(9)11(16)2-8-4-14-8/h7-9,12H,1-6H2. The summed E-state index contributed by atoms with van der Waals surface area (Å²) in [6.45, 7) is 0. The Morgan fingerprint density at radius 3 is 2.28 bits per heavy atom. The molecule has 3 aliphatic heterocycles. The van der Waals surface area contributed by atoms with Crippen molar-refractivity contribution >= 4 is 105 Å². The Kier molecular flexibility index (Phi) is 6.69. The SMILES string of the molecule is [Se]=C(CC1CS1)C1C[Te]C[Te]C1C(=[Se])CC1CS1. The van der Waals surface area contributed by atoms with Crippen LogP contribution in [-0.2, 0) is 0 Å². The zero-order valence-electron chi connectivity index (χ0n) is 10.0. The molecule has 0 N–H and O–H groups in total.